The Morgan fingerprint density at radius 2 is 2.22 bits per heavy atom. The van der Waals surface area contributed by atoms with Crippen LogP contribution in [0.3, 0.4) is 0 Å². The van der Waals surface area contributed by atoms with E-state index in [0.29, 0.717) is 13.0 Å². The number of ether oxygens (including phenoxy) is 1. The Balaban J connectivity index is 2.23. The number of fused-ring (bicyclic) bond motifs is 1. The van der Waals surface area contributed by atoms with E-state index in [4.69, 9.17) is 16.3 Å². The van der Waals surface area contributed by atoms with Crippen molar-refractivity contribution in [2.24, 2.45) is 0 Å². The third kappa shape index (κ3) is 4.58. The lowest BCUT2D eigenvalue weighted by Gasteiger charge is -2.37. The van der Waals surface area contributed by atoms with E-state index in [9.17, 15) is 9.59 Å². The Morgan fingerprint density at radius 3 is 2.87 bits per heavy atom. The van der Waals surface area contributed by atoms with E-state index in [1.165, 1.54) is 0 Å². The summed E-state index contributed by atoms with van der Waals surface area (Å²) in [5, 5.41) is 2.73. The highest BCUT2D eigenvalue weighted by Crippen LogP contribution is 2.29. The Bertz CT molecular complexity index is 586. The molecule has 1 N–H and O–H groups in total. The smallest absolute Gasteiger partial charge is 0.410 e. The van der Waals surface area contributed by atoms with E-state index < -0.39 is 11.7 Å². The second kappa shape index (κ2) is 7.17. The van der Waals surface area contributed by atoms with Gasteiger partial charge in [-0.25, -0.2) is 4.79 Å². The molecule has 0 aliphatic carbocycles. The maximum atomic E-state index is 12.5. The fourth-order valence-corrected chi connectivity index (χ4v) is 2.60. The van der Waals surface area contributed by atoms with Crippen molar-refractivity contribution in [2.45, 2.75) is 38.8 Å². The lowest BCUT2D eigenvalue weighted by atomic mass is 9.98. The largest absolute Gasteiger partial charge is 0.444 e. The normalized spacial score (nSPS) is 17.4. The fourth-order valence-electron chi connectivity index (χ4n) is 2.51. The number of pyridine rings is 1. The van der Waals surface area contributed by atoms with Crippen LogP contribution in [0.15, 0.2) is 18.3 Å². The second-order valence-electron chi connectivity index (χ2n) is 6.43. The molecular formula is C16H22ClN3O3. The first-order chi connectivity index (χ1) is 10.8. The molecule has 0 bridgehead atoms. The summed E-state index contributed by atoms with van der Waals surface area (Å²) in [6, 6.07) is 3.50. The number of nitrogens with one attached hydrogen (secondary N) is 1. The maximum absolute atomic E-state index is 12.5. The van der Waals surface area contributed by atoms with Crippen LogP contribution in [0, 0.1) is 0 Å². The van der Waals surface area contributed by atoms with Crippen molar-refractivity contribution in [2.75, 3.05) is 19.0 Å². The molecule has 1 atom stereocenters. The van der Waals surface area contributed by atoms with Gasteiger partial charge in [-0.3, -0.25) is 14.7 Å². The highest BCUT2D eigenvalue weighted by molar-refractivity contribution is 6.27. The van der Waals surface area contributed by atoms with Crippen LogP contribution < -0.4 is 5.32 Å². The topological polar surface area (TPSA) is 71.5 Å². The quantitative estimate of drug-likeness (QED) is 0.857. The fraction of sp³-hybridized carbons (Fsp3) is 0.562. The summed E-state index contributed by atoms with van der Waals surface area (Å²) in [6.07, 6.45) is 2.00. The summed E-state index contributed by atoms with van der Waals surface area (Å²) in [5.41, 5.74) is 1.29. The zero-order chi connectivity index (χ0) is 17.0. The molecule has 1 unspecified atom stereocenters. The number of alkyl halides is 1. The first kappa shape index (κ1) is 17.5. The molecule has 23 heavy (non-hydrogen) atoms. The number of halogens is 1. The third-order valence-electron chi connectivity index (χ3n) is 3.48. The van der Waals surface area contributed by atoms with E-state index >= 15 is 0 Å². The van der Waals surface area contributed by atoms with Gasteiger partial charge in [0.15, 0.2) is 0 Å². The van der Waals surface area contributed by atoms with Gasteiger partial charge in [0, 0.05) is 19.3 Å². The molecule has 2 amide bonds. The Kier molecular flexibility index (Phi) is 5.46. The second-order valence-corrected chi connectivity index (χ2v) is 6.69. The summed E-state index contributed by atoms with van der Waals surface area (Å²) < 4.78 is 5.48. The molecule has 0 saturated heterocycles. The monoisotopic (exact) mass is 339 g/mol. The summed E-state index contributed by atoms with van der Waals surface area (Å²) in [6.45, 7) is 6.26. The van der Waals surface area contributed by atoms with Gasteiger partial charge in [-0.15, -0.1) is 11.6 Å². The van der Waals surface area contributed by atoms with Crippen molar-refractivity contribution in [3.63, 3.8) is 0 Å². The molecule has 0 aromatic carbocycles. The molecule has 1 aliphatic rings. The van der Waals surface area contributed by atoms with Crippen LogP contribution in [0.2, 0.25) is 0 Å². The van der Waals surface area contributed by atoms with Gasteiger partial charge in [0.2, 0.25) is 5.91 Å². The van der Waals surface area contributed by atoms with Gasteiger partial charge in [-0.1, -0.05) is 6.07 Å². The molecule has 126 valence electrons. The van der Waals surface area contributed by atoms with Gasteiger partial charge < -0.3 is 10.1 Å². The van der Waals surface area contributed by atoms with Gasteiger partial charge in [-0.2, -0.15) is 0 Å². The number of hydrogen-bond donors (Lipinski definition) is 1. The summed E-state index contributed by atoms with van der Waals surface area (Å²) >= 11 is 5.52. The van der Waals surface area contributed by atoms with Crippen LogP contribution in [0.25, 0.3) is 0 Å². The lowest BCUT2D eigenvalue weighted by Crippen LogP contribution is -2.47. The molecule has 0 radical (unpaired) electrons. The third-order valence-corrected chi connectivity index (χ3v) is 3.72. The molecule has 7 heteroatoms. The first-order valence-corrected chi connectivity index (χ1v) is 8.11. The molecule has 2 rings (SSSR count). The molecule has 1 aliphatic heterocycles. The summed E-state index contributed by atoms with van der Waals surface area (Å²) in [5.74, 6) is -0.396. The zero-order valence-electron chi connectivity index (χ0n) is 13.6. The maximum Gasteiger partial charge on any atom is 0.410 e. The Hall–Kier alpha value is -1.82. The van der Waals surface area contributed by atoms with Crippen molar-refractivity contribution in [3.05, 3.63) is 29.6 Å². The summed E-state index contributed by atoms with van der Waals surface area (Å²) in [4.78, 5) is 30.0. The molecule has 0 spiro atoms. The van der Waals surface area contributed by atoms with Crippen LogP contribution in [0.4, 0.5) is 4.79 Å². The van der Waals surface area contributed by atoms with Gasteiger partial charge in [-0.05, 0) is 38.8 Å². The van der Waals surface area contributed by atoms with Gasteiger partial charge >= 0.3 is 6.09 Å². The van der Waals surface area contributed by atoms with Crippen molar-refractivity contribution in [1.82, 2.24) is 15.2 Å². The Labute approximate surface area is 141 Å². The van der Waals surface area contributed by atoms with E-state index in [-0.39, 0.29) is 24.4 Å². The minimum Gasteiger partial charge on any atom is -0.444 e. The number of nitrogens with zero attached hydrogens (tertiary/aromatic N) is 2. The average Bonchev–Trinajstić information content (AvgIpc) is 2.50. The number of rotatable bonds is 3. The van der Waals surface area contributed by atoms with Crippen LogP contribution in [0.5, 0.6) is 0 Å². The van der Waals surface area contributed by atoms with Gasteiger partial charge in [0.25, 0.3) is 0 Å². The van der Waals surface area contributed by atoms with Crippen LogP contribution in [-0.2, 0) is 16.0 Å². The standard InChI is InChI=1S/C16H22ClN3O3/c1-16(2,3)23-15(22)20-8-6-11-5-4-7-18-14(11)12(20)10-19-13(21)9-17/h4-5,7,12H,6,8-10H2,1-3H3,(H,19,21). The van der Waals surface area contributed by atoms with Crippen molar-refractivity contribution < 1.29 is 14.3 Å². The van der Waals surface area contributed by atoms with Gasteiger partial charge in [0.05, 0.1) is 11.7 Å². The van der Waals surface area contributed by atoms with Crippen molar-refractivity contribution in [1.29, 1.82) is 0 Å². The van der Waals surface area contributed by atoms with E-state index in [1.807, 2.05) is 32.9 Å². The minimum absolute atomic E-state index is 0.117. The van der Waals surface area contributed by atoms with Crippen molar-refractivity contribution >= 4 is 23.6 Å². The highest BCUT2D eigenvalue weighted by atomic mass is 35.5. The predicted molar refractivity (Wildman–Crippen MR) is 87.4 cm³/mol. The first-order valence-electron chi connectivity index (χ1n) is 7.58. The Morgan fingerprint density at radius 1 is 1.48 bits per heavy atom. The number of aromatic nitrogens is 1. The average molecular weight is 340 g/mol. The predicted octanol–water partition coefficient (Wildman–Crippen LogP) is 2.27. The highest BCUT2D eigenvalue weighted by Gasteiger charge is 2.34. The van der Waals surface area contributed by atoms with Crippen molar-refractivity contribution in [3.8, 4) is 0 Å². The summed E-state index contributed by atoms with van der Waals surface area (Å²) in [7, 11) is 0. The van der Waals surface area contributed by atoms with Crippen LogP contribution >= 0.6 is 11.6 Å². The number of hydrogen-bond acceptors (Lipinski definition) is 4. The lowest BCUT2D eigenvalue weighted by molar-refractivity contribution is -0.119. The molecule has 1 aromatic heterocycles. The van der Waals surface area contributed by atoms with E-state index in [2.05, 4.69) is 10.3 Å². The zero-order valence-corrected chi connectivity index (χ0v) is 14.4. The molecule has 6 nitrogen and oxygen atoms in total. The van der Waals surface area contributed by atoms with Crippen LogP contribution in [-0.4, -0.2) is 46.5 Å². The minimum atomic E-state index is -0.578. The number of amides is 2. The molecule has 1 aromatic rings. The van der Waals surface area contributed by atoms with Gasteiger partial charge in [0.1, 0.15) is 11.5 Å². The molecular weight excluding hydrogens is 318 g/mol. The SMILES string of the molecule is CC(C)(C)OC(=O)N1CCc2cccnc2C1CNC(=O)CCl. The molecule has 0 saturated carbocycles. The van der Waals surface area contributed by atoms with E-state index in [0.717, 1.165) is 11.3 Å². The number of carbonyl (C=O) groups excluding carboxylic acids is 2. The molecule has 0 fully saturated rings. The van der Waals surface area contributed by atoms with E-state index in [1.54, 1.807) is 11.1 Å². The van der Waals surface area contributed by atoms with Crippen LogP contribution in [0.1, 0.15) is 38.1 Å². The number of carbonyl (C=O) groups is 2. The molecule has 2 heterocycles.